The Labute approximate surface area is 118 Å². The van der Waals surface area contributed by atoms with Crippen molar-refractivity contribution in [2.45, 2.75) is 33.4 Å². The molecule has 0 aliphatic heterocycles. The van der Waals surface area contributed by atoms with E-state index in [2.05, 4.69) is 29.4 Å². The van der Waals surface area contributed by atoms with Gasteiger partial charge in [0.05, 0.1) is 12.4 Å². The van der Waals surface area contributed by atoms with Gasteiger partial charge < -0.3 is 5.32 Å². The number of carbonyl (C=O) groups is 1. The van der Waals surface area contributed by atoms with Gasteiger partial charge >= 0.3 is 0 Å². The van der Waals surface area contributed by atoms with Crippen molar-refractivity contribution in [2.75, 3.05) is 7.05 Å². The van der Waals surface area contributed by atoms with Gasteiger partial charge in [-0.1, -0.05) is 13.8 Å². The normalized spacial score (nSPS) is 11.0. The van der Waals surface area contributed by atoms with Crippen LogP contribution in [0.15, 0.2) is 24.8 Å². The highest BCUT2D eigenvalue weighted by Crippen LogP contribution is 2.17. The summed E-state index contributed by atoms with van der Waals surface area (Å²) >= 11 is 0. The maximum absolute atomic E-state index is 11.3. The molecule has 0 spiro atoms. The molecule has 0 atom stereocenters. The highest BCUT2D eigenvalue weighted by Gasteiger charge is 2.07. The highest BCUT2D eigenvalue weighted by atomic mass is 16.1. The number of amides is 1. The van der Waals surface area contributed by atoms with Gasteiger partial charge in [0.1, 0.15) is 6.54 Å². The molecular formula is C14H21N5O. The summed E-state index contributed by atoms with van der Waals surface area (Å²) in [7, 11) is 1.62. The molecule has 2 aromatic heterocycles. The topological polar surface area (TPSA) is 64.7 Å². The number of hydrogen-bond acceptors (Lipinski definition) is 3. The Morgan fingerprint density at radius 2 is 1.80 bits per heavy atom. The minimum Gasteiger partial charge on any atom is -0.358 e. The van der Waals surface area contributed by atoms with Crippen LogP contribution in [0.1, 0.15) is 20.3 Å². The second kappa shape index (κ2) is 6.36. The predicted octanol–water partition coefficient (Wildman–Crippen LogP) is 1.54. The molecule has 6 nitrogen and oxygen atoms in total. The molecule has 0 saturated carbocycles. The van der Waals surface area contributed by atoms with E-state index in [1.165, 1.54) is 0 Å². The van der Waals surface area contributed by atoms with Crippen molar-refractivity contribution < 1.29 is 4.79 Å². The number of aryl methyl sites for hydroxylation is 1. The van der Waals surface area contributed by atoms with Gasteiger partial charge in [0.15, 0.2) is 0 Å². The second-order valence-corrected chi connectivity index (χ2v) is 5.27. The maximum atomic E-state index is 11.3. The van der Waals surface area contributed by atoms with E-state index in [-0.39, 0.29) is 12.5 Å². The first-order valence-corrected chi connectivity index (χ1v) is 6.84. The largest absolute Gasteiger partial charge is 0.358 e. The molecule has 0 bridgehead atoms. The van der Waals surface area contributed by atoms with Gasteiger partial charge in [-0.3, -0.25) is 14.2 Å². The van der Waals surface area contributed by atoms with E-state index in [4.69, 9.17) is 0 Å². The number of aromatic nitrogens is 4. The molecule has 2 aromatic rings. The molecule has 0 aliphatic rings. The molecule has 0 fully saturated rings. The highest BCUT2D eigenvalue weighted by molar-refractivity contribution is 5.75. The summed E-state index contributed by atoms with van der Waals surface area (Å²) in [6.07, 6.45) is 8.58. The lowest BCUT2D eigenvalue weighted by Gasteiger charge is -2.03. The third-order valence-corrected chi connectivity index (χ3v) is 3.12. The zero-order valence-electron chi connectivity index (χ0n) is 12.2. The summed E-state index contributed by atoms with van der Waals surface area (Å²) in [5, 5.41) is 11.1. The van der Waals surface area contributed by atoms with Crippen LogP contribution < -0.4 is 5.32 Å². The van der Waals surface area contributed by atoms with Crippen LogP contribution in [0.2, 0.25) is 0 Å². The summed E-state index contributed by atoms with van der Waals surface area (Å²) in [6, 6.07) is 0. The monoisotopic (exact) mass is 275 g/mol. The fourth-order valence-corrected chi connectivity index (χ4v) is 1.85. The lowest BCUT2D eigenvalue weighted by molar-refractivity contribution is -0.121. The van der Waals surface area contributed by atoms with E-state index in [9.17, 15) is 4.79 Å². The van der Waals surface area contributed by atoms with E-state index in [1.54, 1.807) is 17.9 Å². The average Bonchev–Trinajstić information content (AvgIpc) is 3.04. The molecule has 2 rings (SSSR count). The molecule has 108 valence electrons. The minimum atomic E-state index is -0.0627. The van der Waals surface area contributed by atoms with Crippen LogP contribution in [-0.4, -0.2) is 32.5 Å². The lowest BCUT2D eigenvalue weighted by Crippen LogP contribution is -2.23. The third-order valence-electron chi connectivity index (χ3n) is 3.12. The molecule has 20 heavy (non-hydrogen) atoms. The van der Waals surface area contributed by atoms with E-state index in [0.29, 0.717) is 5.92 Å². The summed E-state index contributed by atoms with van der Waals surface area (Å²) < 4.78 is 3.57. The first-order chi connectivity index (χ1) is 9.58. The first-order valence-electron chi connectivity index (χ1n) is 6.84. The van der Waals surface area contributed by atoms with Crippen molar-refractivity contribution >= 4 is 5.91 Å². The van der Waals surface area contributed by atoms with Gasteiger partial charge in [-0.15, -0.1) is 0 Å². The van der Waals surface area contributed by atoms with E-state index in [0.717, 1.165) is 24.1 Å². The van der Waals surface area contributed by atoms with Crippen LogP contribution in [0, 0.1) is 5.92 Å². The van der Waals surface area contributed by atoms with Gasteiger partial charge in [0.25, 0.3) is 0 Å². The van der Waals surface area contributed by atoms with Crippen molar-refractivity contribution in [1.82, 2.24) is 24.9 Å². The van der Waals surface area contributed by atoms with Gasteiger partial charge in [0, 0.05) is 37.1 Å². The lowest BCUT2D eigenvalue weighted by atomic mass is 10.1. The van der Waals surface area contributed by atoms with Crippen molar-refractivity contribution in [3.05, 3.63) is 24.8 Å². The smallest absolute Gasteiger partial charge is 0.241 e. The summed E-state index contributed by atoms with van der Waals surface area (Å²) in [6.45, 7) is 5.56. The Bertz CT molecular complexity index is 570. The number of nitrogens with zero attached hydrogens (tertiary/aromatic N) is 4. The van der Waals surface area contributed by atoms with Gasteiger partial charge in [-0.25, -0.2) is 0 Å². The standard InChI is InChI=1S/C14H21N5O/c1-11(2)4-5-18-8-12(6-16-18)13-7-17-19(9-13)10-14(20)15-3/h6-9,11H,4-5,10H2,1-3H3,(H,15,20). The molecule has 6 heteroatoms. The summed E-state index contributed by atoms with van der Waals surface area (Å²) in [4.78, 5) is 11.3. The number of likely N-dealkylation sites (N-methyl/N-ethyl adjacent to an activating group) is 1. The zero-order chi connectivity index (χ0) is 14.5. The van der Waals surface area contributed by atoms with Crippen LogP contribution in [0.5, 0.6) is 0 Å². The predicted molar refractivity (Wildman–Crippen MR) is 77.0 cm³/mol. The van der Waals surface area contributed by atoms with Crippen LogP contribution in [0.3, 0.4) is 0 Å². The summed E-state index contributed by atoms with van der Waals surface area (Å²) in [5.74, 6) is 0.602. The number of hydrogen-bond donors (Lipinski definition) is 1. The molecule has 2 heterocycles. The second-order valence-electron chi connectivity index (χ2n) is 5.27. The molecule has 0 unspecified atom stereocenters. The quantitative estimate of drug-likeness (QED) is 0.869. The van der Waals surface area contributed by atoms with Crippen LogP contribution in [-0.2, 0) is 17.9 Å². The van der Waals surface area contributed by atoms with Crippen molar-refractivity contribution in [3.63, 3.8) is 0 Å². The first kappa shape index (κ1) is 14.3. The van der Waals surface area contributed by atoms with Gasteiger partial charge in [-0.05, 0) is 12.3 Å². The fraction of sp³-hybridized carbons (Fsp3) is 0.500. The average molecular weight is 275 g/mol. The molecule has 0 radical (unpaired) electrons. The zero-order valence-corrected chi connectivity index (χ0v) is 12.2. The van der Waals surface area contributed by atoms with Crippen molar-refractivity contribution in [2.24, 2.45) is 5.92 Å². The SMILES string of the molecule is CNC(=O)Cn1cc(-c2cnn(CCC(C)C)c2)cn1. The fourth-order valence-electron chi connectivity index (χ4n) is 1.85. The molecule has 0 aromatic carbocycles. The number of nitrogens with one attached hydrogen (secondary N) is 1. The minimum absolute atomic E-state index is 0.0627. The van der Waals surface area contributed by atoms with E-state index < -0.39 is 0 Å². The Morgan fingerprint density at radius 1 is 1.20 bits per heavy atom. The van der Waals surface area contributed by atoms with Gasteiger partial charge in [-0.2, -0.15) is 10.2 Å². The van der Waals surface area contributed by atoms with Crippen LogP contribution in [0.25, 0.3) is 11.1 Å². The molecule has 1 amide bonds. The summed E-state index contributed by atoms with van der Waals surface area (Å²) in [5.41, 5.74) is 2.00. The molecule has 1 N–H and O–H groups in total. The molecule has 0 saturated heterocycles. The van der Waals surface area contributed by atoms with Crippen LogP contribution >= 0.6 is 0 Å². The number of rotatable bonds is 6. The number of carbonyl (C=O) groups excluding carboxylic acids is 1. The van der Waals surface area contributed by atoms with Crippen molar-refractivity contribution in [3.8, 4) is 11.1 Å². The Kier molecular flexibility index (Phi) is 4.55. The van der Waals surface area contributed by atoms with E-state index >= 15 is 0 Å². The Hall–Kier alpha value is -2.11. The van der Waals surface area contributed by atoms with E-state index in [1.807, 2.05) is 23.3 Å². The Morgan fingerprint density at radius 3 is 2.40 bits per heavy atom. The van der Waals surface area contributed by atoms with Crippen molar-refractivity contribution in [1.29, 1.82) is 0 Å². The molecular weight excluding hydrogens is 254 g/mol. The third kappa shape index (κ3) is 3.69. The van der Waals surface area contributed by atoms with Crippen LogP contribution in [0.4, 0.5) is 0 Å². The Balaban J connectivity index is 2.03. The molecule has 0 aliphatic carbocycles. The maximum Gasteiger partial charge on any atom is 0.241 e. The van der Waals surface area contributed by atoms with Gasteiger partial charge in [0.2, 0.25) is 5.91 Å².